The molecular formula is C4H14N4O2S. The summed E-state index contributed by atoms with van der Waals surface area (Å²) >= 11 is 0. The van der Waals surface area contributed by atoms with Crippen LogP contribution in [-0.4, -0.2) is 34.6 Å². The van der Waals surface area contributed by atoms with Crippen molar-refractivity contribution in [2.24, 2.45) is 11.5 Å². The molecule has 0 saturated heterocycles. The Labute approximate surface area is 66.5 Å². The lowest BCUT2D eigenvalue weighted by Crippen LogP contribution is -2.40. The molecule has 0 aliphatic carbocycles. The maximum Gasteiger partial charge on any atom is 0.276 e. The molecule has 0 aromatic rings. The quantitative estimate of drug-likeness (QED) is 0.359. The molecule has 6 nitrogen and oxygen atoms in total. The lowest BCUT2D eigenvalue weighted by Gasteiger charge is -2.04. The summed E-state index contributed by atoms with van der Waals surface area (Å²) in [5, 5.41) is 0. The summed E-state index contributed by atoms with van der Waals surface area (Å²) in [6.07, 6.45) is 0. The van der Waals surface area contributed by atoms with Crippen LogP contribution in [0.3, 0.4) is 0 Å². The standard InChI is InChI=1S/C4H14N4O2S/c5-1-3-7-11(9,10)8-4-2-6/h7-8H,1-6H2. The largest absolute Gasteiger partial charge is 0.329 e. The molecular weight excluding hydrogens is 168 g/mol. The van der Waals surface area contributed by atoms with Crippen molar-refractivity contribution in [1.29, 1.82) is 0 Å². The highest BCUT2D eigenvalue weighted by Gasteiger charge is 2.04. The summed E-state index contributed by atoms with van der Waals surface area (Å²) < 4.78 is 26.1. The van der Waals surface area contributed by atoms with E-state index in [1.165, 1.54) is 0 Å². The molecule has 11 heavy (non-hydrogen) atoms. The Bertz CT molecular complexity index is 165. The molecule has 0 fully saturated rings. The van der Waals surface area contributed by atoms with E-state index in [0.717, 1.165) is 0 Å². The van der Waals surface area contributed by atoms with E-state index >= 15 is 0 Å². The summed E-state index contributed by atoms with van der Waals surface area (Å²) in [7, 11) is -3.37. The smallest absolute Gasteiger partial charge is 0.276 e. The molecule has 68 valence electrons. The zero-order valence-corrected chi connectivity index (χ0v) is 7.02. The van der Waals surface area contributed by atoms with Crippen LogP contribution >= 0.6 is 0 Å². The molecule has 0 radical (unpaired) electrons. The number of rotatable bonds is 6. The van der Waals surface area contributed by atoms with Crippen LogP contribution in [0.25, 0.3) is 0 Å². The van der Waals surface area contributed by atoms with Crippen LogP contribution < -0.4 is 20.9 Å². The highest BCUT2D eigenvalue weighted by atomic mass is 32.2. The fourth-order valence-corrected chi connectivity index (χ4v) is 1.31. The van der Waals surface area contributed by atoms with Crippen molar-refractivity contribution < 1.29 is 8.42 Å². The average molecular weight is 182 g/mol. The molecule has 0 spiro atoms. The Balaban J connectivity index is 3.63. The maximum atomic E-state index is 10.8. The molecule has 0 heterocycles. The minimum absolute atomic E-state index is 0.236. The summed E-state index contributed by atoms with van der Waals surface area (Å²) in [6.45, 7) is 1.03. The van der Waals surface area contributed by atoms with E-state index in [1.807, 2.05) is 0 Å². The van der Waals surface area contributed by atoms with Gasteiger partial charge in [0.15, 0.2) is 0 Å². The monoisotopic (exact) mass is 182 g/mol. The average Bonchev–Trinajstić information content (AvgIpc) is 1.97. The first-order valence-electron chi connectivity index (χ1n) is 3.27. The summed E-state index contributed by atoms with van der Waals surface area (Å²) in [6, 6.07) is 0. The lowest BCUT2D eigenvalue weighted by atomic mass is 10.7. The topological polar surface area (TPSA) is 110 Å². The number of nitrogens with two attached hydrogens (primary N) is 2. The minimum Gasteiger partial charge on any atom is -0.329 e. The van der Waals surface area contributed by atoms with Gasteiger partial charge in [-0.25, -0.2) is 9.44 Å². The number of hydrogen-bond acceptors (Lipinski definition) is 4. The van der Waals surface area contributed by atoms with Gasteiger partial charge in [0, 0.05) is 26.2 Å². The van der Waals surface area contributed by atoms with Crippen molar-refractivity contribution in [3.8, 4) is 0 Å². The minimum atomic E-state index is -3.37. The van der Waals surface area contributed by atoms with Gasteiger partial charge in [0.1, 0.15) is 0 Å². The predicted octanol–water partition coefficient (Wildman–Crippen LogP) is -2.67. The Morgan fingerprint density at radius 1 is 1.00 bits per heavy atom. The van der Waals surface area contributed by atoms with Crippen LogP contribution in [0.1, 0.15) is 0 Å². The third-order valence-electron chi connectivity index (χ3n) is 0.873. The molecule has 0 rings (SSSR count). The van der Waals surface area contributed by atoms with Crippen LogP contribution in [0.4, 0.5) is 0 Å². The zero-order valence-electron chi connectivity index (χ0n) is 6.21. The lowest BCUT2D eigenvalue weighted by molar-refractivity contribution is 0.567. The van der Waals surface area contributed by atoms with E-state index < -0.39 is 10.2 Å². The van der Waals surface area contributed by atoms with Gasteiger partial charge < -0.3 is 11.5 Å². The van der Waals surface area contributed by atoms with Crippen LogP contribution in [0, 0.1) is 0 Å². The molecule has 0 unspecified atom stereocenters. The zero-order chi connectivity index (χ0) is 8.74. The van der Waals surface area contributed by atoms with Crippen molar-refractivity contribution in [1.82, 2.24) is 9.44 Å². The maximum absolute atomic E-state index is 10.8. The second kappa shape index (κ2) is 5.44. The van der Waals surface area contributed by atoms with Crippen molar-refractivity contribution in [3.05, 3.63) is 0 Å². The Hall–Kier alpha value is -0.210. The molecule has 0 atom stereocenters. The van der Waals surface area contributed by atoms with Gasteiger partial charge in [0.05, 0.1) is 0 Å². The van der Waals surface area contributed by atoms with Gasteiger partial charge >= 0.3 is 0 Å². The number of nitrogens with one attached hydrogen (secondary N) is 2. The van der Waals surface area contributed by atoms with Crippen LogP contribution in [0.15, 0.2) is 0 Å². The Kier molecular flexibility index (Phi) is 5.34. The fraction of sp³-hybridized carbons (Fsp3) is 1.00. The molecule has 6 N–H and O–H groups in total. The second-order valence-electron chi connectivity index (χ2n) is 1.87. The molecule has 0 aliphatic heterocycles. The predicted molar refractivity (Wildman–Crippen MR) is 43.0 cm³/mol. The Morgan fingerprint density at radius 2 is 1.36 bits per heavy atom. The van der Waals surface area contributed by atoms with E-state index in [1.54, 1.807) is 0 Å². The SMILES string of the molecule is NCCNS(=O)(=O)NCCN. The summed E-state index contributed by atoms with van der Waals surface area (Å²) in [5.41, 5.74) is 10.2. The second-order valence-corrected chi connectivity index (χ2v) is 3.45. The third-order valence-corrected chi connectivity index (χ3v) is 2.04. The normalized spacial score (nSPS) is 11.8. The van der Waals surface area contributed by atoms with Crippen molar-refractivity contribution in [3.63, 3.8) is 0 Å². The first-order valence-corrected chi connectivity index (χ1v) is 4.75. The van der Waals surface area contributed by atoms with Gasteiger partial charge in [-0.3, -0.25) is 0 Å². The highest BCUT2D eigenvalue weighted by Crippen LogP contribution is 1.72. The van der Waals surface area contributed by atoms with E-state index in [-0.39, 0.29) is 26.2 Å². The van der Waals surface area contributed by atoms with Crippen molar-refractivity contribution >= 4 is 10.2 Å². The molecule has 0 amide bonds. The molecule has 0 bridgehead atoms. The molecule has 0 saturated carbocycles. The summed E-state index contributed by atoms with van der Waals surface area (Å²) in [5.74, 6) is 0. The highest BCUT2D eigenvalue weighted by molar-refractivity contribution is 7.87. The molecule has 0 aliphatic rings. The summed E-state index contributed by atoms with van der Waals surface area (Å²) in [4.78, 5) is 0. The number of hydrogen-bond donors (Lipinski definition) is 4. The van der Waals surface area contributed by atoms with E-state index in [9.17, 15) is 8.42 Å². The van der Waals surface area contributed by atoms with E-state index in [0.29, 0.717) is 0 Å². The molecule has 7 heteroatoms. The van der Waals surface area contributed by atoms with Gasteiger partial charge in [0.25, 0.3) is 10.2 Å². The van der Waals surface area contributed by atoms with Crippen LogP contribution in [0.5, 0.6) is 0 Å². The van der Waals surface area contributed by atoms with Gasteiger partial charge in [0.2, 0.25) is 0 Å². The first kappa shape index (κ1) is 10.8. The van der Waals surface area contributed by atoms with Gasteiger partial charge in [-0.05, 0) is 0 Å². The Morgan fingerprint density at radius 3 is 1.64 bits per heavy atom. The van der Waals surface area contributed by atoms with E-state index in [4.69, 9.17) is 11.5 Å². The van der Waals surface area contributed by atoms with Crippen LogP contribution in [-0.2, 0) is 10.2 Å². The van der Waals surface area contributed by atoms with Gasteiger partial charge in [-0.1, -0.05) is 0 Å². The molecule has 0 aromatic heterocycles. The van der Waals surface area contributed by atoms with Crippen LogP contribution in [0.2, 0.25) is 0 Å². The van der Waals surface area contributed by atoms with Crippen molar-refractivity contribution in [2.45, 2.75) is 0 Å². The molecule has 0 aromatic carbocycles. The fourth-order valence-electron chi connectivity index (χ4n) is 0.438. The van der Waals surface area contributed by atoms with Gasteiger partial charge in [-0.15, -0.1) is 0 Å². The van der Waals surface area contributed by atoms with Gasteiger partial charge in [-0.2, -0.15) is 8.42 Å². The van der Waals surface area contributed by atoms with E-state index in [2.05, 4.69) is 9.44 Å². The first-order chi connectivity index (χ1) is 5.12. The van der Waals surface area contributed by atoms with Crippen molar-refractivity contribution in [2.75, 3.05) is 26.2 Å². The third kappa shape index (κ3) is 6.20.